The molecule has 0 saturated carbocycles. The van der Waals surface area contributed by atoms with Gasteiger partial charge in [0.1, 0.15) is 0 Å². The minimum absolute atomic E-state index is 0.177. The Morgan fingerprint density at radius 1 is 0.941 bits per heavy atom. The molecule has 0 fully saturated rings. The van der Waals surface area contributed by atoms with Gasteiger partial charge in [-0.25, -0.2) is 0 Å². The Balaban J connectivity index is 2.48. The zero-order valence-corrected chi connectivity index (χ0v) is 9.80. The lowest BCUT2D eigenvalue weighted by Crippen LogP contribution is -2.12. The van der Waals surface area contributed by atoms with Crippen LogP contribution in [0.2, 0.25) is 0 Å². The molecule has 1 N–H and O–H groups in total. The van der Waals surface area contributed by atoms with Crippen molar-refractivity contribution in [2.24, 2.45) is 0 Å². The molecule has 0 radical (unpaired) electrons. The van der Waals surface area contributed by atoms with Crippen molar-refractivity contribution in [2.75, 3.05) is 0 Å². The van der Waals surface area contributed by atoms with Crippen LogP contribution in [0.3, 0.4) is 0 Å². The third-order valence-electron chi connectivity index (χ3n) is 2.39. The number of rotatable bonds is 3. The van der Waals surface area contributed by atoms with Crippen molar-refractivity contribution in [1.82, 2.24) is 0 Å². The van der Waals surface area contributed by atoms with Crippen molar-refractivity contribution in [1.29, 1.82) is 0 Å². The summed E-state index contributed by atoms with van der Waals surface area (Å²) in [6.07, 6.45) is 0. The first-order chi connectivity index (χ1) is 8.20. The number of carbonyl (C=O) groups excluding carboxylic acids is 1. The maximum atomic E-state index is 12.1. The van der Waals surface area contributed by atoms with Crippen molar-refractivity contribution in [2.45, 2.75) is 0 Å². The highest BCUT2D eigenvalue weighted by atomic mass is 31.1. The van der Waals surface area contributed by atoms with Gasteiger partial charge in [-0.2, -0.15) is 4.89 Å². The first-order valence-electron chi connectivity index (χ1n) is 5.05. The molecule has 2 aromatic rings. The number of hydrogen-bond donors (Lipinski definition) is 1. The average Bonchev–Trinajstić information content (AvgIpc) is 2.39. The molecule has 0 aliphatic heterocycles. The first-order valence-corrected chi connectivity index (χ1v) is 6.26. The molecule has 0 bridgehead atoms. The Morgan fingerprint density at radius 3 is 2.18 bits per heavy atom. The lowest BCUT2D eigenvalue weighted by atomic mass is 10.0. The van der Waals surface area contributed by atoms with Crippen molar-refractivity contribution >= 4 is 19.1 Å². The second kappa shape index (κ2) is 5.00. The van der Waals surface area contributed by atoms with Crippen molar-refractivity contribution < 1.29 is 14.3 Å². The van der Waals surface area contributed by atoms with E-state index in [9.17, 15) is 9.36 Å². The predicted molar refractivity (Wildman–Crippen MR) is 65.8 cm³/mol. The molecule has 0 saturated heterocycles. The number of benzene rings is 2. The largest absolute Gasteiger partial charge is 0.546 e. The van der Waals surface area contributed by atoms with Crippen LogP contribution in [0.4, 0.5) is 0 Å². The molecular weight excluding hydrogens is 235 g/mol. The Kier molecular flexibility index (Phi) is 3.43. The highest BCUT2D eigenvalue weighted by Gasteiger charge is 2.25. The van der Waals surface area contributed by atoms with Crippen molar-refractivity contribution in [3.05, 3.63) is 65.7 Å². The SMILES string of the molecule is O=C(c1ccccc1)c1ccccc1[P+](=O)O. The van der Waals surface area contributed by atoms with Crippen LogP contribution in [0.25, 0.3) is 0 Å². The van der Waals surface area contributed by atoms with Crippen LogP contribution >= 0.6 is 8.03 Å². The van der Waals surface area contributed by atoms with Crippen LogP contribution in [0, 0.1) is 0 Å². The molecule has 1 unspecified atom stereocenters. The zero-order chi connectivity index (χ0) is 12.3. The molecular formula is C13H10O3P+. The Morgan fingerprint density at radius 2 is 1.53 bits per heavy atom. The molecule has 2 rings (SSSR count). The van der Waals surface area contributed by atoms with Gasteiger partial charge in [0.05, 0.1) is 5.56 Å². The van der Waals surface area contributed by atoms with Crippen LogP contribution in [-0.2, 0) is 4.57 Å². The monoisotopic (exact) mass is 245 g/mol. The molecule has 3 nitrogen and oxygen atoms in total. The number of hydrogen-bond acceptors (Lipinski definition) is 2. The standard InChI is InChI=1S/C13H9O3P/c14-13(10-6-2-1-3-7-10)11-8-4-5-9-12(11)17(15)16/h1-9H/p+1. The van der Waals surface area contributed by atoms with E-state index in [1.807, 2.05) is 6.07 Å². The molecule has 0 aromatic heterocycles. The lowest BCUT2D eigenvalue weighted by Gasteiger charge is -2.00. The van der Waals surface area contributed by atoms with Crippen LogP contribution in [0.1, 0.15) is 15.9 Å². The third-order valence-corrected chi connectivity index (χ3v) is 3.19. The quantitative estimate of drug-likeness (QED) is 0.666. The van der Waals surface area contributed by atoms with Crippen molar-refractivity contribution in [3.63, 3.8) is 0 Å². The summed E-state index contributed by atoms with van der Waals surface area (Å²) in [7, 11) is -2.51. The van der Waals surface area contributed by atoms with Crippen LogP contribution < -0.4 is 5.30 Å². The van der Waals surface area contributed by atoms with Gasteiger partial charge in [0.2, 0.25) is 5.30 Å². The Bertz CT molecular complexity index is 564. The summed E-state index contributed by atoms with van der Waals surface area (Å²) in [6.45, 7) is 0. The minimum atomic E-state index is -2.51. The van der Waals surface area contributed by atoms with E-state index in [-0.39, 0.29) is 16.7 Å². The van der Waals surface area contributed by atoms with Gasteiger partial charge in [0, 0.05) is 5.56 Å². The lowest BCUT2D eigenvalue weighted by molar-refractivity contribution is 0.103. The molecule has 2 aromatic carbocycles. The smallest absolute Gasteiger partial charge is 0.288 e. The molecule has 0 aliphatic carbocycles. The van der Waals surface area contributed by atoms with E-state index in [4.69, 9.17) is 4.89 Å². The molecule has 17 heavy (non-hydrogen) atoms. The minimum Gasteiger partial charge on any atom is -0.288 e. The van der Waals surface area contributed by atoms with Crippen LogP contribution in [-0.4, -0.2) is 10.7 Å². The van der Waals surface area contributed by atoms with E-state index in [0.29, 0.717) is 5.56 Å². The molecule has 0 heterocycles. The van der Waals surface area contributed by atoms with Gasteiger partial charge in [-0.05, 0) is 16.7 Å². The van der Waals surface area contributed by atoms with Gasteiger partial charge in [-0.15, -0.1) is 0 Å². The summed E-state index contributed by atoms with van der Waals surface area (Å²) in [5, 5.41) is 0.177. The van der Waals surface area contributed by atoms with E-state index < -0.39 is 8.03 Å². The van der Waals surface area contributed by atoms with Gasteiger partial charge in [-0.3, -0.25) is 4.79 Å². The second-order valence-electron chi connectivity index (χ2n) is 3.49. The number of carbonyl (C=O) groups is 1. The maximum Gasteiger partial charge on any atom is 0.546 e. The van der Waals surface area contributed by atoms with E-state index in [2.05, 4.69) is 0 Å². The van der Waals surface area contributed by atoms with Crippen molar-refractivity contribution in [3.8, 4) is 0 Å². The summed E-state index contributed by atoms with van der Waals surface area (Å²) in [5.74, 6) is -0.237. The topological polar surface area (TPSA) is 54.4 Å². The van der Waals surface area contributed by atoms with E-state index in [1.165, 1.54) is 6.07 Å². The summed E-state index contributed by atoms with van der Waals surface area (Å²) >= 11 is 0. The zero-order valence-electron chi connectivity index (χ0n) is 8.91. The fraction of sp³-hybridized carbons (Fsp3) is 0. The predicted octanol–water partition coefficient (Wildman–Crippen LogP) is 2.28. The first kappa shape index (κ1) is 11.6. The second-order valence-corrected chi connectivity index (χ2v) is 4.51. The van der Waals surface area contributed by atoms with Gasteiger partial charge >= 0.3 is 8.03 Å². The normalized spacial score (nSPS) is 11.0. The van der Waals surface area contributed by atoms with E-state index >= 15 is 0 Å². The highest BCUT2D eigenvalue weighted by Crippen LogP contribution is 2.18. The molecule has 1 atom stereocenters. The van der Waals surface area contributed by atoms with E-state index in [1.54, 1.807) is 42.5 Å². The summed E-state index contributed by atoms with van der Waals surface area (Å²) in [6, 6.07) is 15.1. The van der Waals surface area contributed by atoms with Gasteiger partial charge in [0.15, 0.2) is 5.78 Å². The average molecular weight is 245 g/mol. The number of ketones is 1. The van der Waals surface area contributed by atoms with Gasteiger partial charge in [-0.1, -0.05) is 42.5 Å². The molecule has 0 aliphatic rings. The van der Waals surface area contributed by atoms with Crippen LogP contribution in [0.15, 0.2) is 54.6 Å². The summed E-state index contributed by atoms with van der Waals surface area (Å²) < 4.78 is 11.2. The van der Waals surface area contributed by atoms with Gasteiger partial charge < -0.3 is 0 Å². The molecule has 84 valence electrons. The molecule has 0 amide bonds. The molecule has 0 spiro atoms. The molecule has 4 heteroatoms. The Labute approximate surface area is 99.6 Å². The fourth-order valence-electron chi connectivity index (χ4n) is 1.58. The van der Waals surface area contributed by atoms with Gasteiger partial charge in [0.25, 0.3) is 0 Å². The van der Waals surface area contributed by atoms with Crippen LogP contribution in [0.5, 0.6) is 0 Å². The maximum absolute atomic E-state index is 12.1. The summed E-state index contributed by atoms with van der Waals surface area (Å²) in [5.41, 5.74) is 0.791. The Hall–Kier alpha value is -1.83. The van der Waals surface area contributed by atoms with E-state index in [0.717, 1.165) is 0 Å². The third kappa shape index (κ3) is 2.47. The fourth-order valence-corrected chi connectivity index (χ4v) is 2.17. The highest BCUT2D eigenvalue weighted by molar-refractivity contribution is 7.47. The summed E-state index contributed by atoms with van der Waals surface area (Å²) in [4.78, 5) is 21.3.